The van der Waals surface area contributed by atoms with Crippen LogP contribution in [-0.2, 0) is 10.8 Å². The van der Waals surface area contributed by atoms with Crippen LogP contribution in [-0.4, -0.2) is 5.71 Å². The zero-order chi connectivity index (χ0) is 65.3. The van der Waals surface area contributed by atoms with Crippen LogP contribution in [0.4, 0.5) is 5.69 Å². The largest absolute Gasteiger partial charge is 0.247 e. The van der Waals surface area contributed by atoms with E-state index in [0.717, 1.165) is 33.7 Å². The van der Waals surface area contributed by atoms with Gasteiger partial charge in [0.1, 0.15) is 0 Å². The van der Waals surface area contributed by atoms with E-state index in [2.05, 4.69) is 371 Å². The number of aliphatic imine (C=N–C) groups is 1. The lowest BCUT2D eigenvalue weighted by Crippen LogP contribution is -2.43. The number of hydrogen-bond acceptors (Lipinski definition) is 1. The molecule has 1 aliphatic heterocycles. The first-order chi connectivity index (χ1) is 49.1. The van der Waals surface area contributed by atoms with E-state index in [9.17, 15) is 0 Å². The summed E-state index contributed by atoms with van der Waals surface area (Å²) < 4.78 is 0. The highest BCUT2D eigenvalue weighted by Crippen LogP contribution is 2.68. The van der Waals surface area contributed by atoms with Crippen LogP contribution < -0.4 is 0 Å². The summed E-state index contributed by atoms with van der Waals surface area (Å²) in [6.07, 6.45) is 0. The highest BCUT2D eigenvalue weighted by molar-refractivity contribution is 6.40. The second kappa shape index (κ2) is 22.3. The van der Waals surface area contributed by atoms with Gasteiger partial charge in [-0.2, -0.15) is 0 Å². The van der Waals surface area contributed by atoms with Crippen molar-refractivity contribution in [3.05, 3.63) is 425 Å². The maximum Gasteiger partial charge on any atom is 0.0791 e. The number of allylic oxidation sites excluding steroid dienone is 2. The topological polar surface area (TPSA) is 12.4 Å². The minimum absolute atomic E-state index is 0.589. The molecule has 99 heavy (non-hydrogen) atoms. The molecule has 460 valence electrons. The van der Waals surface area contributed by atoms with Crippen molar-refractivity contribution in [3.63, 3.8) is 0 Å². The van der Waals surface area contributed by atoms with Crippen LogP contribution in [0.2, 0.25) is 0 Å². The number of rotatable bonds is 8. The third kappa shape index (κ3) is 8.26. The molecule has 0 aromatic heterocycles. The molecular weight excluding hydrogens is 1190 g/mol. The Bertz CT molecular complexity index is 5990. The average Bonchev–Trinajstić information content (AvgIpc) is 1.54. The van der Waals surface area contributed by atoms with Gasteiger partial charge >= 0.3 is 0 Å². The molecule has 0 amide bonds. The molecule has 1 heterocycles. The van der Waals surface area contributed by atoms with Crippen molar-refractivity contribution in [1.29, 1.82) is 0 Å². The SMILES string of the molecule is C/C(=C1\C(c2ccc(-c3ccc4c(-c5ccccc5-c5ccccc5)c5cc(-c6ccc7c(c6)C6(c8ccccc8-c8ccccc86)c6ccccc6C76c7ccccc7-c7ccccc76)ccc5c(-c5ccccc5-c5ccccc5)c4c3)cc2)=Nc2ccccc21)c1ccccc1. The van der Waals surface area contributed by atoms with E-state index < -0.39 is 10.8 Å². The monoisotopic (exact) mass is 1250 g/mol. The van der Waals surface area contributed by atoms with E-state index in [1.54, 1.807) is 0 Å². The van der Waals surface area contributed by atoms with E-state index in [-0.39, 0.29) is 0 Å². The highest BCUT2D eigenvalue weighted by atomic mass is 14.8. The number of fused-ring (bicyclic) bond motifs is 19. The van der Waals surface area contributed by atoms with Gasteiger partial charge < -0.3 is 0 Å². The summed E-state index contributed by atoms with van der Waals surface area (Å²) in [5, 5.41) is 4.75. The first-order valence-electron chi connectivity index (χ1n) is 34.6. The summed E-state index contributed by atoms with van der Waals surface area (Å²) in [5.41, 5.74) is 36.5. The van der Waals surface area contributed by atoms with Gasteiger partial charge in [-0.3, -0.25) is 0 Å². The number of nitrogens with zero attached hydrogens (tertiary/aromatic N) is 1. The predicted octanol–water partition coefficient (Wildman–Crippen LogP) is 25.1. The molecule has 0 atom stereocenters. The molecule has 16 aromatic rings. The molecule has 1 nitrogen and oxygen atoms in total. The van der Waals surface area contributed by atoms with Crippen LogP contribution in [0.5, 0.6) is 0 Å². The fourth-order valence-electron chi connectivity index (χ4n) is 18.1. The Hall–Kier alpha value is -12.6. The van der Waals surface area contributed by atoms with Crippen LogP contribution in [0, 0.1) is 0 Å². The molecule has 2 spiro atoms. The molecule has 0 saturated carbocycles. The van der Waals surface area contributed by atoms with Crippen LogP contribution in [0.3, 0.4) is 0 Å². The maximum absolute atomic E-state index is 5.34. The minimum atomic E-state index is -0.635. The van der Waals surface area contributed by atoms with Gasteiger partial charge in [0, 0.05) is 16.7 Å². The third-order valence-electron chi connectivity index (χ3n) is 22.2. The molecule has 3 aliphatic carbocycles. The van der Waals surface area contributed by atoms with Crippen molar-refractivity contribution in [2.45, 2.75) is 17.8 Å². The first kappa shape index (κ1) is 56.8. The van der Waals surface area contributed by atoms with Crippen molar-refractivity contribution < 1.29 is 0 Å². The Morgan fingerprint density at radius 3 is 1.04 bits per heavy atom. The summed E-state index contributed by atoms with van der Waals surface area (Å²) in [6, 6.07) is 137. The van der Waals surface area contributed by atoms with Gasteiger partial charge in [0.05, 0.1) is 22.2 Å². The van der Waals surface area contributed by atoms with Gasteiger partial charge in [-0.15, -0.1) is 0 Å². The van der Waals surface area contributed by atoms with Crippen LogP contribution in [0.25, 0.3) is 122 Å². The van der Waals surface area contributed by atoms with Crippen molar-refractivity contribution in [3.8, 4) is 89.0 Å². The Kier molecular flexibility index (Phi) is 12.8. The van der Waals surface area contributed by atoms with Crippen LogP contribution in [0.15, 0.2) is 369 Å². The van der Waals surface area contributed by atoms with E-state index in [0.29, 0.717) is 0 Å². The second-order valence-electron chi connectivity index (χ2n) is 27.0. The van der Waals surface area contributed by atoms with Gasteiger partial charge in [0.25, 0.3) is 0 Å². The third-order valence-corrected chi connectivity index (χ3v) is 22.2. The molecular formula is C98H63N. The van der Waals surface area contributed by atoms with Crippen LogP contribution in [0.1, 0.15) is 68.1 Å². The Balaban J connectivity index is 0.850. The zero-order valence-corrected chi connectivity index (χ0v) is 54.6. The number of hydrogen-bond donors (Lipinski definition) is 0. The minimum Gasteiger partial charge on any atom is -0.247 e. The summed E-state index contributed by atoms with van der Waals surface area (Å²) >= 11 is 0. The van der Waals surface area contributed by atoms with E-state index >= 15 is 0 Å². The maximum atomic E-state index is 5.34. The Morgan fingerprint density at radius 2 is 0.556 bits per heavy atom. The van der Waals surface area contributed by atoms with Gasteiger partial charge in [-0.1, -0.05) is 340 Å². The smallest absolute Gasteiger partial charge is 0.0791 e. The van der Waals surface area contributed by atoms with Crippen molar-refractivity contribution in [1.82, 2.24) is 0 Å². The average molecular weight is 1250 g/mol. The van der Waals surface area contributed by atoms with Crippen molar-refractivity contribution in [2.24, 2.45) is 4.99 Å². The summed E-state index contributed by atoms with van der Waals surface area (Å²) in [7, 11) is 0. The fraction of sp³-hybridized carbons (Fsp3) is 0.0306. The van der Waals surface area contributed by atoms with E-state index in [4.69, 9.17) is 4.99 Å². The number of para-hydroxylation sites is 1. The fourth-order valence-corrected chi connectivity index (χ4v) is 18.1. The summed E-state index contributed by atoms with van der Waals surface area (Å²) in [6.45, 7) is 2.23. The molecule has 0 saturated heterocycles. The molecule has 0 fully saturated rings. The highest BCUT2D eigenvalue weighted by Gasteiger charge is 2.59. The normalized spacial score (nSPS) is 14.3. The van der Waals surface area contributed by atoms with E-state index in [1.807, 2.05) is 0 Å². The lowest BCUT2D eigenvalue weighted by molar-refractivity contribution is 0.633. The standard InChI is InChI=1S/C98H63N/c1-62(63-27-5-2-6-28-63)93-81-41-19-26-48-92(81)99-96(93)67-51-49-64(50-52-67)68-53-56-79-82(59-68)94(77-39-13-11-33-71(77)65-29-7-3-8-30-65)80-57-54-69(60-83(80)95(79)78-40-14-12-34-72(78)66-31-9-4-10-32-66)70-55-58-90-91(61-70)98(86-44-22-17-37-75(86)76-38-18-23-45-87(76)98)89-47-25-24-46-88(89)97(90)84-42-20-15-35-73(84)74-36-16-21-43-85(74)97/h2-61H,1H3/b93-62+. The molecule has 0 radical (unpaired) electrons. The lowest BCUT2D eigenvalue weighted by Gasteiger charge is -2.49. The first-order valence-corrected chi connectivity index (χ1v) is 34.6. The molecule has 0 bridgehead atoms. The molecule has 4 aliphatic rings. The predicted molar refractivity (Wildman–Crippen MR) is 414 cm³/mol. The summed E-state index contributed by atoms with van der Waals surface area (Å²) in [4.78, 5) is 5.34. The Labute approximate surface area is 577 Å². The van der Waals surface area contributed by atoms with Crippen molar-refractivity contribution >= 4 is 44.1 Å². The van der Waals surface area contributed by atoms with E-state index in [1.165, 1.54) is 161 Å². The number of benzene rings is 16. The van der Waals surface area contributed by atoms with Crippen LogP contribution >= 0.6 is 0 Å². The summed E-state index contributed by atoms with van der Waals surface area (Å²) in [5.74, 6) is 0. The molecule has 0 unspecified atom stereocenters. The van der Waals surface area contributed by atoms with Gasteiger partial charge in [-0.25, -0.2) is 4.99 Å². The van der Waals surface area contributed by atoms with Gasteiger partial charge in [0.2, 0.25) is 0 Å². The van der Waals surface area contributed by atoms with Gasteiger partial charge in [-0.05, 0) is 197 Å². The molecule has 16 aromatic carbocycles. The Morgan fingerprint density at radius 1 is 0.222 bits per heavy atom. The second-order valence-corrected chi connectivity index (χ2v) is 27.0. The molecule has 1 heteroatoms. The van der Waals surface area contributed by atoms with Gasteiger partial charge in [0.15, 0.2) is 0 Å². The molecule has 0 N–H and O–H groups in total. The van der Waals surface area contributed by atoms with Crippen molar-refractivity contribution in [2.75, 3.05) is 0 Å². The zero-order valence-electron chi connectivity index (χ0n) is 54.6. The lowest BCUT2D eigenvalue weighted by atomic mass is 9.52. The molecule has 20 rings (SSSR count). The quantitative estimate of drug-likeness (QED) is 0.135.